The highest BCUT2D eigenvalue weighted by Crippen LogP contribution is 2.37. The number of carbonyl (C=O) groups excluding carboxylic acids is 1. The standard InChI is InChI=1S/C12H12ClNO2/c13-8-1-2-11-9(5-8)10(15)6-12(16-11)3-4-14-7-12/h1-2,5,14H,3-4,6-7H2. The Morgan fingerprint density at radius 2 is 2.31 bits per heavy atom. The van der Waals surface area contributed by atoms with E-state index in [1.54, 1.807) is 18.2 Å². The van der Waals surface area contributed by atoms with Gasteiger partial charge in [-0.3, -0.25) is 4.79 Å². The number of benzene rings is 1. The van der Waals surface area contributed by atoms with Crippen LogP contribution >= 0.6 is 11.6 Å². The molecule has 2 aliphatic heterocycles. The van der Waals surface area contributed by atoms with Crippen LogP contribution in [0, 0.1) is 0 Å². The first kappa shape index (κ1) is 10.1. The van der Waals surface area contributed by atoms with Gasteiger partial charge >= 0.3 is 0 Å². The molecule has 0 amide bonds. The zero-order chi connectivity index (χ0) is 11.2. The van der Waals surface area contributed by atoms with Gasteiger partial charge < -0.3 is 10.1 Å². The van der Waals surface area contributed by atoms with Crippen molar-refractivity contribution in [1.82, 2.24) is 5.32 Å². The van der Waals surface area contributed by atoms with Crippen molar-refractivity contribution in [2.75, 3.05) is 13.1 Å². The van der Waals surface area contributed by atoms with E-state index < -0.39 is 0 Å². The maximum absolute atomic E-state index is 12.0. The zero-order valence-corrected chi connectivity index (χ0v) is 9.51. The summed E-state index contributed by atoms with van der Waals surface area (Å²) in [4.78, 5) is 12.0. The summed E-state index contributed by atoms with van der Waals surface area (Å²) < 4.78 is 5.96. The Labute approximate surface area is 98.7 Å². The van der Waals surface area contributed by atoms with Crippen LogP contribution in [0.1, 0.15) is 23.2 Å². The second kappa shape index (κ2) is 3.47. The number of nitrogens with one attached hydrogen (secondary N) is 1. The van der Waals surface area contributed by atoms with Crippen LogP contribution in [-0.2, 0) is 0 Å². The van der Waals surface area contributed by atoms with Gasteiger partial charge in [0.05, 0.1) is 12.0 Å². The van der Waals surface area contributed by atoms with Crippen LogP contribution in [-0.4, -0.2) is 24.5 Å². The van der Waals surface area contributed by atoms with Crippen molar-refractivity contribution >= 4 is 17.4 Å². The molecular weight excluding hydrogens is 226 g/mol. The van der Waals surface area contributed by atoms with Crippen LogP contribution < -0.4 is 10.1 Å². The average Bonchev–Trinajstić information content (AvgIpc) is 2.68. The first-order valence-electron chi connectivity index (χ1n) is 5.41. The van der Waals surface area contributed by atoms with E-state index in [-0.39, 0.29) is 11.4 Å². The lowest BCUT2D eigenvalue weighted by molar-refractivity contribution is 0.0528. The Morgan fingerprint density at radius 1 is 1.44 bits per heavy atom. The lowest BCUT2D eigenvalue weighted by Gasteiger charge is -2.34. The Hall–Kier alpha value is -1.06. The van der Waals surface area contributed by atoms with E-state index in [2.05, 4.69) is 5.32 Å². The number of halogens is 1. The van der Waals surface area contributed by atoms with Crippen molar-refractivity contribution in [1.29, 1.82) is 0 Å². The van der Waals surface area contributed by atoms with Crippen molar-refractivity contribution in [3.8, 4) is 5.75 Å². The highest BCUT2D eigenvalue weighted by molar-refractivity contribution is 6.31. The summed E-state index contributed by atoms with van der Waals surface area (Å²) in [5.74, 6) is 0.803. The number of Topliss-reactive ketones (excluding diaryl/α,β-unsaturated/α-hetero) is 1. The Kier molecular flexibility index (Phi) is 2.19. The van der Waals surface area contributed by atoms with Crippen molar-refractivity contribution in [3.05, 3.63) is 28.8 Å². The molecule has 1 saturated heterocycles. The fourth-order valence-electron chi connectivity index (χ4n) is 2.43. The summed E-state index contributed by atoms with van der Waals surface area (Å²) in [5.41, 5.74) is 0.294. The molecule has 84 valence electrons. The number of ketones is 1. The lowest BCUT2D eigenvalue weighted by Crippen LogP contribution is -2.43. The molecule has 1 spiro atoms. The Bertz CT molecular complexity index is 452. The maximum Gasteiger partial charge on any atom is 0.170 e. The second-order valence-electron chi connectivity index (χ2n) is 4.45. The van der Waals surface area contributed by atoms with Crippen LogP contribution in [0.25, 0.3) is 0 Å². The predicted molar refractivity (Wildman–Crippen MR) is 61.2 cm³/mol. The van der Waals surface area contributed by atoms with E-state index in [0.717, 1.165) is 19.5 Å². The molecule has 3 nitrogen and oxygen atoms in total. The third-order valence-corrected chi connectivity index (χ3v) is 3.49. The summed E-state index contributed by atoms with van der Waals surface area (Å²) in [6.45, 7) is 1.66. The van der Waals surface area contributed by atoms with Gasteiger partial charge in [-0.2, -0.15) is 0 Å². The van der Waals surface area contributed by atoms with Gasteiger partial charge in [0, 0.05) is 18.0 Å². The van der Waals surface area contributed by atoms with E-state index in [4.69, 9.17) is 16.3 Å². The summed E-state index contributed by atoms with van der Waals surface area (Å²) in [6, 6.07) is 5.23. The van der Waals surface area contributed by atoms with Gasteiger partial charge in [0.25, 0.3) is 0 Å². The van der Waals surface area contributed by atoms with Crippen molar-refractivity contribution in [3.63, 3.8) is 0 Å². The Morgan fingerprint density at radius 3 is 3.06 bits per heavy atom. The lowest BCUT2D eigenvalue weighted by atomic mass is 9.89. The molecule has 1 unspecified atom stereocenters. The van der Waals surface area contributed by atoms with Gasteiger partial charge in [-0.25, -0.2) is 0 Å². The molecule has 1 fully saturated rings. The zero-order valence-electron chi connectivity index (χ0n) is 8.75. The highest BCUT2D eigenvalue weighted by atomic mass is 35.5. The van der Waals surface area contributed by atoms with Gasteiger partial charge in [0.1, 0.15) is 11.4 Å². The van der Waals surface area contributed by atoms with Gasteiger partial charge in [-0.15, -0.1) is 0 Å². The average molecular weight is 238 g/mol. The summed E-state index contributed by atoms with van der Waals surface area (Å²) in [5, 5.41) is 3.82. The fraction of sp³-hybridized carbons (Fsp3) is 0.417. The molecule has 0 radical (unpaired) electrons. The first-order valence-corrected chi connectivity index (χ1v) is 5.79. The third-order valence-electron chi connectivity index (χ3n) is 3.26. The van der Waals surface area contributed by atoms with E-state index >= 15 is 0 Å². The molecule has 3 rings (SSSR count). The molecule has 2 aliphatic rings. The highest BCUT2D eigenvalue weighted by Gasteiger charge is 2.42. The quantitative estimate of drug-likeness (QED) is 0.751. The number of ether oxygens (including phenoxy) is 1. The number of carbonyl (C=O) groups is 1. The minimum Gasteiger partial charge on any atom is -0.485 e. The van der Waals surface area contributed by atoms with E-state index in [0.29, 0.717) is 22.8 Å². The van der Waals surface area contributed by atoms with Crippen LogP contribution in [0.2, 0.25) is 5.02 Å². The van der Waals surface area contributed by atoms with Gasteiger partial charge in [0.15, 0.2) is 5.78 Å². The molecule has 1 aromatic carbocycles. The monoisotopic (exact) mass is 237 g/mol. The molecule has 2 heterocycles. The number of hydrogen-bond donors (Lipinski definition) is 1. The minimum atomic E-state index is -0.322. The molecule has 0 aromatic heterocycles. The predicted octanol–water partition coefficient (Wildman–Crippen LogP) is 2.04. The third kappa shape index (κ3) is 1.51. The number of hydrogen-bond acceptors (Lipinski definition) is 3. The molecule has 1 aromatic rings. The number of fused-ring (bicyclic) bond motifs is 1. The molecule has 1 atom stereocenters. The molecular formula is C12H12ClNO2. The van der Waals surface area contributed by atoms with Crippen molar-refractivity contribution < 1.29 is 9.53 Å². The largest absolute Gasteiger partial charge is 0.485 e. The minimum absolute atomic E-state index is 0.132. The molecule has 1 N–H and O–H groups in total. The normalized spacial score (nSPS) is 27.9. The molecule has 16 heavy (non-hydrogen) atoms. The van der Waals surface area contributed by atoms with Gasteiger partial charge in [-0.05, 0) is 24.7 Å². The van der Waals surface area contributed by atoms with Crippen LogP contribution in [0.15, 0.2) is 18.2 Å². The number of rotatable bonds is 0. The Balaban J connectivity index is 2.02. The smallest absolute Gasteiger partial charge is 0.170 e. The summed E-state index contributed by atoms with van der Waals surface area (Å²) in [7, 11) is 0. The van der Waals surface area contributed by atoms with Crippen LogP contribution in [0.4, 0.5) is 0 Å². The van der Waals surface area contributed by atoms with E-state index in [1.807, 2.05) is 0 Å². The van der Waals surface area contributed by atoms with Gasteiger partial charge in [0.2, 0.25) is 0 Å². The molecule has 0 bridgehead atoms. The fourth-order valence-corrected chi connectivity index (χ4v) is 2.60. The first-order chi connectivity index (χ1) is 7.69. The summed E-state index contributed by atoms with van der Waals surface area (Å²) >= 11 is 5.87. The summed E-state index contributed by atoms with van der Waals surface area (Å²) in [6.07, 6.45) is 1.34. The van der Waals surface area contributed by atoms with E-state index in [9.17, 15) is 4.79 Å². The second-order valence-corrected chi connectivity index (χ2v) is 4.89. The molecule has 4 heteroatoms. The van der Waals surface area contributed by atoms with Crippen LogP contribution in [0.3, 0.4) is 0 Å². The van der Waals surface area contributed by atoms with Gasteiger partial charge in [-0.1, -0.05) is 11.6 Å². The topological polar surface area (TPSA) is 38.3 Å². The van der Waals surface area contributed by atoms with Crippen LogP contribution in [0.5, 0.6) is 5.75 Å². The van der Waals surface area contributed by atoms with Crippen molar-refractivity contribution in [2.45, 2.75) is 18.4 Å². The molecule has 0 aliphatic carbocycles. The van der Waals surface area contributed by atoms with E-state index in [1.165, 1.54) is 0 Å². The molecule has 0 saturated carbocycles. The maximum atomic E-state index is 12.0. The van der Waals surface area contributed by atoms with Crippen molar-refractivity contribution in [2.24, 2.45) is 0 Å². The SMILES string of the molecule is O=C1CC2(CCNC2)Oc2ccc(Cl)cc21.